The fraction of sp³-hybridized carbons (Fsp3) is 0.333. The summed E-state index contributed by atoms with van der Waals surface area (Å²) in [4.78, 5) is 42.5. The minimum atomic E-state index is -0.524. The third-order valence-electron chi connectivity index (χ3n) is 5.26. The molecule has 150 valence electrons. The number of rotatable bonds is 3. The Balaban J connectivity index is 2.10. The first-order valence-electron chi connectivity index (χ1n) is 9.37. The van der Waals surface area contributed by atoms with Gasteiger partial charge in [-0.25, -0.2) is 4.79 Å². The second kappa shape index (κ2) is 6.30. The Labute approximate surface area is 166 Å². The maximum atomic E-state index is 12.8. The first-order valence-corrected chi connectivity index (χ1v) is 9.37. The summed E-state index contributed by atoms with van der Waals surface area (Å²) in [6.07, 6.45) is 1.81. The number of aryl methyl sites for hydroxylation is 1. The van der Waals surface area contributed by atoms with Gasteiger partial charge in [0.2, 0.25) is 5.78 Å². The van der Waals surface area contributed by atoms with Crippen LogP contribution in [0.5, 0.6) is 0 Å². The summed E-state index contributed by atoms with van der Waals surface area (Å²) in [5, 5.41) is 0. The summed E-state index contributed by atoms with van der Waals surface area (Å²) in [7, 11) is 3.03. The SMILES string of the molecule is Cn1c(=O)c2c(nc3n(CC(=O)C(C)(C)C)c(-c4ccccc4)cn23)n(C)c1=O. The van der Waals surface area contributed by atoms with Gasteiger partial charge in [0.1, 0.15) is 0 Å². The smallest absolute Gasteiger partial charge is 0.302 e. The molecule has 0 radical (unpaired) electrons. The average molecular weight is 393 g/mol. The van der Waals surface area contributed by atoms with Crippen molar-refractivity contribution in [1.29, 1.82) is 0 Å². The van der Waals surface area contributed by atoms with Crippen LogP contribution >= 0.6 is 0 Å². The van der Waals surface area contributed by atoms with Gasteiger partial charge in [-0.15, -0.1) is 0 Å². The predicted molar refractivity (Wildman–Crippen MR) is 111 cm³/mol. The van der Waals surface area contributed by atoms with E-state index < -0.39 is 16.7 Å². The Bertz CT molecular complexity index is 1380. The van der Waals surface area contributed by atoms with Crippen molar-refractivity contribution in [1.82, 2.24) is 23.1 Å². The first-order chi connectivity index (χ1) is 13.6. The van der Waals surface area contributed by atoms with Crippen molar-refractivity contribution in [3.8, 4) is 11.3 Å². The van der Waals surface area contributed by atoms with Crippen LogP contribution in [0.1, 0.15) is 20.8 Å². The second-order valence-corrected chi connectivity index (χ2v) is 8.30. The van der Waals surface area contributed by atoms with E-state index in [4.69, 9.17) is 0 Å². The van der Waals surface area contributed by atoms with Gasteiger partial charge < -0.3 is 4.57 Å². The molecule has 0 unspecified atom stereocenters. The lowest BCUT2D eigenvalue weighted by Crippen LogP contribution is -2.37. The lowest BCUT2D eigenvalue weighted by atomic mass is 9.91. The van der Waals surface area contributed by atoms with Crippen LogP contribution in [0.2, 0.25) is 0 Å². The largest absolute Gasteiger partial charge is 0.332 e. The summed E-state index contributed by atoms with van der Waals surface area (Å²) in [6.45, 7) is 5.74. The number of hydrogen-bond acceptors (Lipinski definition) is 4. The van der Waals surface area contributed by atoms with E-state index >= 15 is 0 Å². The fourth-order valence-corrected chi connectivity index (χ4v) is 3.39. The van der Waals surface area contributed by atoms with Crippen LogP contribution in [0.25, 0.3) is 28.2 Å². The highest BCUT2D eigenvalue weighted by Gasteiger charge is 2.26. The van der Waals surface area contributed by atoms with E-state index in [0.717, 1.165) is 15.8 Å². The molecular formula is C21H23N5O3. The van der Waals surface area contributed by atoms with Crippen LogP contribution in [0.15, 0.2) is 46.1 Å². The van der Waals surface area contributed by atoms with E-state index in [1.165, 1.54) is 11.6 Å². The molecule has 29 heavy (non-hydrogen) atoms. The molecule has 1 aromatic carbocycles. The van der Waals surface area contributed by atoms with Gasteiger partial charge in [-0.2, -0.15) is 4.98 Å². The van der Waals surface area contributed by atoms with Crippen molar-refractivity contribution >= 4 is 22.7 Å². The minimum Gasteiger partial charge on any atom is -0.302 e. The van der Waals surface area contributed by atoms with Crippen molar-refractivity contribution in [2.45, 2.75) is 27.3 Å². The molecule has 0 fully saturated rings. The van der Waals surface area contributed by atoms with E-state index in [0.29, 0.717) is 16.9 Å². The van der Waals surface area contributed by atoms with Crippen LogP contribution in [-0.2, 0) is 25.4 Å². The highest BCUT2D eigenvalue weighted by atomic mass is 16.2. The zero-order chi connectivity index (χ0) is 21.1. The van der Waals surface area contributed by atoms with E-state index in [9.17, 15) is 14.4 Å². The Morgan fingerprint density at radius 2 is 1.69 bits per heavy atom. The number of nitrogens with zero attached hydrogens (tertiary/aromatic N) is 5. The summed E-state index contributed by atoms with van der Waals surface area (Å²) >= 11 is 0. The van der Waals surface area contributed by atoms with Crippen molar-refractivity contribution in [3.05, 3.63) is 57.4 Å². The molecule has 4 rings (SSSR count). The monoisotopic (exact) mass is 393 g/mol. The number of carbonyl (C=O) groups is 1. The number of hydrogen-bond donors (Lipinski definition) is 0. The van der Waals surface area contributed by atoms with E-state index in [1.54, 1.807) is 11.4 Å². The lowest BCUT2D eigenvalue weighted by Gasteiger charge is -2.18. The highest BCUT2D eigenvalue weighted by molar-refractivity contribution is 5.85. The molecule has 0 saturated heterocycles. The Morgan fingerprint density at radius 3 is 2.31 bits per heavy atom. The third-order valence-corrected chi connectivity index (χ3v) is 5.26. The molecule has 0 aliphatic rings. The van der Waals surface area contributed by atoms with Crippen LogP contribution in [0.3, 0.4) is 0 Å². The molecular weight excluding hydrogens is 370 g/mol. The Kier molecular flexibility index (Phi) is 4.11. The standard InChI is InChI=1S/C21H23N5O3/c1-21(2,3)15(27)12-25-14(13-9-7-6-8-10-13)11-26-16-17(22-19(25)26)23(4)20(29)24(5)18(16)28/h6-11H,12H2,1-5H3. The molecule has 3 heterocycles. The Hall–Kier alpha value is -3.42. The molecule has 0 spiro atoms. The zero-order valence-electron chi connectivity index (χ0n) is 17.1. The molecule has 0 atom stereocenters. The third kappa shape index (κ3) is 2.83. The van der Waals surface area contributed by atoms with Crippen LogP contribution in [0.4, 0.5) is 0 Å². The number of aromatic nitrogens is 5. The maximum Gasteiger partial charge on any atom is 0.332 e. The average Bonchev–Trinajstić information content (AvgIpc) is 3.21. The first kappa shape index (κ1) is 18.9. The van der Waals surface area contributed by atoms with Gasteiger partial charge in [-0.1, -0.05) is 51.1 Å². The second-order valence-electron chi connectivity index (χ2n) is 8.30. The van der Waals surface area contributed by atoms with Crippen molar-refractivity contribution < 1.29 is 4.79 Å². The maximum absolute atomic E-state index is 12.8. The number of carbonyl (C=O) groups excluding carboxylic acids is 1. The molecule has 0 aliphatic heterocycles. The molecule has 0 bridgehead atoms. The summed E-state index contributed by atoms with van der Waals surface area (Å²) in [6, 6.07) is 9.65. The quantitative estimate of drug-likeness (QED) is 0.533. The van der Waals surface area contributed by atoms with Crippen LogP contribution < -0.4 is 11.2 Å². The zero-order valence-corrected chi connectivity index (χ0v) is 17.1. The molecule has 8 heteroatoms. The van der Waals surface area contributed by atoms with Crippen LogP contribution in [0, 0.1) is 5.41 Å². The lowest BCUT2D eigenvalue weighted by molar-refractivity contribution is -0.126. The molecule has 0 saturated carbocycles. The topological polar surface area (TPSA) is 83.3 Å². The summed E-state index contributed by atoms with van der Waals surface area (Å²) < 4.78 is 5.90. The van der Waals surface area contributed by atoms with Crippen molar-refractivity contribution in [2.75, 3.05) is 0 Å². The van der Waals surface area contributed by atoms with Crippen LogP contribution in [-0.4, -0.2) is 28.9 Å². The molecule has 3 aromatic heterocycles. The number of fused-ring (bicyclic) bond motifs is 3. The van der Waals surface area contributed by atoms with E-state index in [2.05, 4.69) is 4.98 Å². The van der Waals surface area contributed by atoms with E-state index in [1.807, 2.05) is 61.9 Å². The molecule has 0 aliphatic carbocycles. The Morgan fingerprint density at radius 1 is 1.03 bits per heavy atom. The van der Waals surface area contributed by atoms with Gasteiger partial charge in [0, 0.05) is 25.7 Å². The molecule has 8 nitrogen and oxygen atoms in total. The minimum absolute atomic E-state index is 0.0432. The van der Waals surface area contributed by atoms with Gasteiger partial charge in [-0.05, 0) is 5.56 Å². The fourth-order valence-electron chi connectivity index (χ4n) is 3.39. The molecule has 0 N–H and O–H groups in total. The van der Waals surface area contributed by atoms with E-state index in [-0.39, 0.29) is 12.3 Å². The van der Waals surface area contributed by atoms with Gasteiger partial charge in [0.05, 0.1) is 12.2 Å². The van der Waals surface area contributed by atoms with Gasteiger partial charge in [0.15, 0.2) is 16.9 Å². The number of benzene rings is 1. The number of imidazole rings is 2. The van der Waals surface area contributed by atoms with Gasteiger partial charge >= 0.3 is 5.69 Å². The number of ketones is 1. The summed E-state index contributed by atoms with van der Waals surface area (Å²) in [5.41, 5.74) is 0.911. The number of Topliss-reactive ketones (excluding diaryl/α,β-unsaturated/α-hetero) is 1. The normalized spacial score (nSPS) is 12.2. The van der Waals surface area contributed by atoms with Gasteiger partial charge in [0.25, 0.3) is 5.56 Å². The summed E-state index contributed by atoms with van der Waals surface area (Å²) in [5.74, 6) is 0.497. The molecule has 4 aromatic rings. The van der Waals surface area contributed by atoms with Crippen molar-refractivity contribution in [2.24, 2.45) is 19.5 Å². The van der Waals surface area contributed by atoms with Crippen molar-refractivity contribution in [3.63, 3.8) is 0 Å². The predicted octanol–water partition coefficient (Wildman–Crippen LogP) is 1.97. The van der Waals surface area contributed by atoms with Gasteiger partial charge in [-0.3, -0.25) is 23.1 Å². The molecule has 0 amide bonds. The highest BCUT2D eigenvalue weighted by Crippen LogP contribution is 2.27.